The minimum atomic E-state index is -0.111. The smallest absolute Gasteiger partial charge is 0.255 e. The average molecular weight is 364 g/mol. The molecule has 0 saturated carbocycles. The number of aryl methyl sites for hydroxylation is 1. The molecule has 0 unspecified atom stereocenters. The third-order valence-corrected chi connectivity index (χ3v) is 5.11. The zero-order chi connectivity index (χ0) is 18.4. The molecule has 9 heteroatoms. The summed E-state index contributed by atoms with van der Waals surface area (Å²) >= 11 is 0. The number of amides is 1. The molecule has 1 aromatic carbocycles. The van der Waals surface area contributed by atoms with E-state index in [0.29, 0.717) is 17.1 Å². The number of nitrogens with one attached hydrogen (secondary N) is 5. The Morgan fingerprint density at radius 2 is 2.04 bits per heavy atom. The SMILES string of the molecule is Cc1[nH]nc(-c2nc3cc4cn[nH]c4cc3[nH]2)c1C(=O)NC1CCNCC1. The summed E-state index contributed by atoms with van der Waals surface area (Å²) < 4.78 is 0. The predicted octanol–water partition coefficient (Wildman–Crippen LogP) is 1.62. The van der Waals surface area contributed by atoms with Gasteiger partial charge in [0.25, 0.3) is 5.91 Å². The molecular formula is C18H20N8O. The molecular weight excluding hydrogens is 344 g/mol. The van der Waals surface area contributed by atoms with Gasteiger partial charge in [-0.15, -0.1) is 0 Å². The summed E-state index contributed by atoms with van der Waals surface area (Å²) in [4.78, 5) is 20.8. The topological polar surface area (TPSA) is 127 Å². The lowest BCUT2D eigenvalue weighted by Gasteiger charge is -2.23. The fraction of sp³-hybridized carbons (Fsp3) is 0.333. The van der Waals surface area contributed by atoms with Crippen molar-refractivity contribution < 1.29 is 4.79 Å². The van der Waals surface area contributed by atoms with E-state index in [9.17, 15) is 4.79 Å². The number of fused-ring (bicyclic) bond motifs is 2. The van der Waals surface area contributed by atoms with Crippen LogP contribution in [0, 0.1) is 6.92 Å². The van der Waals surface area contributed by atoms with E-state index < -0.39 is 0 Å². The molecule has 5 N–H and O–H groups in total. The first-order chi connectivity index (χ1) is 13.2. The van der Waals surface area contributed by atoms with Crippen molar-refractivity contribution in [1.82, 2.24) is 41.0 Å². The summed E-state index contributed by atoms with van der Waals surface area (Å²) in [7, 11) is 0. The number of aromatic nitrogens is 6. The van der Waals surface area contributed by atoms with Crippen LogP contribution in [0.5, 0.6) is 0 Å². The number of piperidine rings is 1. The second-order valence-corrected chi connectivity index (χ2v) is 6.98. The van der Waals surface area contributed by atoms with Crippen LogP contribution in [-0.4, -0.2) is 55.4 Å². The van der Waals surface area contributed by atoms with Gasteiger partial charge in [-0.2, -0.15) is 10.2 Å². The Bertz CT molecular complexity index is 1080. The van der Waals surface area contributed by atoms with Crippen molar-refractivity contribution in [3.05, 3.63) is 29.6 Å². The molecule has 9 nitrogen and oxygen atoms in total. The predicted molar refractivity (Wildman–Crippen MR) is 101 cm³/mol. The van der Waals surface area contributed by atoms with Crippen molar-refractivity contribution in [3.63, 3.8) is 0 Å². The molecule has 0 radical (unpaired) electrons. The van der Waals surface area contributed by atoms with Crippen molar-refractivity contribution >= 4 is 27.8 Å². The van der Waals surface area contributed by atoms with E-state index in [2.05, 4.69) is 41.0 Å². The summed E-state index contributed by atoms with van der Waals surface area (Å²) in [5.41, 5.74) is 4.42. The van der Waals surface area contributed by atoms with E-state index in [1.807, 2.05) is 19.1 Å². The van der Waals surface area contributed by atoms with Gasteiger partial charge in [0.15, 0.2) is 5.82 Å². The van der Waals surface area contributed by atoms with Gasteiger partial charge in [0.2, 0.25) is 0 Å². The molecule has 0 aliphatic carbocycles. The summed E-state index contributed by atoms with van der Waals surface area (Å²) in [5, 5.41) is 21.7. The van der Waals surface area contributed by atoms with Crippen LogP contribution < -0.4 is 10.6 Å². The number of rotatable bonds is 3. The average Bonchev–Trinajstić information content (AvgIpc) is 3.37. The first kappa shape index (κ1) is 16.0. The molecule has 5 rings (SSSR count). The lowest BCUT2D eigenvalue weighted by atomic mass is 10.1. The van der Waals surface area contributed by atoms with E-state index in [0.717, 1.165) is 53.6 Å². The minimum Gasteiger partial charge on any atom is -0.349 e. The molecule has 1 amide bonds. The zero-order valence-electron chi connectivity index (χ0n) is 14.9. The Balaban J connectivity index is 1.51. The lowest BCUT2D eigenvalue weighted by Crippen LogP contribution is -2.42. The van der Waals surface area contributed by atoms with Crippen LogP contribution in [0.2, 0.25) is 0 Å². The molecule has 1 fully saturated rings. The number of hydrogen-bond acceptors (Lipinski definition) is 5. The van der Waals surface area contributed by atoms with E-state index in [-0.39, 0.29) is 11.9 Å². The maximum atomic E-state index is 12.9. The number of imidazole rings is 1. The standard InChI is InChI=1S/C18H20N8O/c1-9-15(18(27)21-11-2-4-19-5-3-11)16(26-24-9)17-22-13-6-10-8-20-25-12(10)7-14(13)23-17/h6-8,11,19H,2-5H2,1H3,(H,20,25)(H,21,27)(H,22,23)(H,24,26). The molecule has 0 atom stereocenters. The fourth-order valence-corrected chi connectivity index (χ4v) is 3.66. The Morgan fingerprint density at radius 1 is 1.19 bits per heavy atom. The number of carbonyl (C=O) groups is 1. The minimum absolute atomic E-state index is 0.111. The third kappa shape index (κ3) is 2.76. The van der Waals surface area contributed by atoms with Crippen molar-refractivity contribution in [2.75, 3.05) is 13.1 Å². The molecule has 138 valence electrons. The van der Waals surface area contributed by atoms with E-state index in [1.54, 1.807) is 6.20 Å². The maximum Gasteiger partial charge on any atom is 0.255 e. The molecule has 1 aliphatic heterocycles. The van der Waals surface area contributed by atoms with Crippen molar-refractivity contribution in [2.24, 2.45) is 0 Å². The van der Waals surface area contributed by atoms with Crippen LogP contribution in [0.4, 0.5) is 0 Å². The maximum absolute atomic E-state index is 12.9. The molecule has 0 bridgehead atoms. The quantitative estimate of drug-likeness (QED) is 0.377. The first-order valence-corrected chi connectivity index (χ1v) is 9.09. The van der Waals surface area contributed by atoms with Gasteiger partial charge in [0.1, 0.15) is 5.69 Å². The van der Waals surface area contributed by atoms with E-state index >= 15 is 0 Å². The summed E-state index contributed by atoms with van der Waals surface area (Å²) in [6.45, 7) is 3.70. The Hall–Kier alpha value is -3.20. The van der Waals surface area contributed by atoms with Crippen LogP contribution in [-0.2, 0) is 0 Å². The van der Waals surface area contributed by atoms with Gasteiger partial charge in [0, 0.05) is 17.1 Å². The molecule has 4 heterocycles. The highest BCUT2D eigenvalue weighted by Crippen LogP contribution is 2.26. The van der Waals surface area contributed by atoms with Gasteiger partial charge < -0.3 is 15.6 Å². The second kappa shape index (κ2) is 6.20. The molecule has 1 saturated heterocycles. The van der Waals surface area contributed by atoms with Crippen LogP contribution in [0.3, 0.4) is 0 Å². The van der Waals surface area contributed by atoms with Crippen molar-refractivity contribution in [2.45, 2.75) is 25.8 Å². The number of benzene rings is 1. The molecule has 1 aliphatic rings. The third-order valence-electron chi connectivity index (χ3n) is 5.11. The summed E-state index contributed by atoms with van der Waals surface area (Å²) in [6, 6.07) is 4.11. The highest BCUT2D eigenvalue weighted by molar-refractivity contribution is 6.01. The summed E-state index contributed by atoms with van der Waals surface area (Å²) in [5.74, 6) is 0.463. The van der Waals surface area contributed by atoms with Crippen LogP contribution in [0.1, 0.15) is 28.9 Å². The number of hydrogen-bond donors (Lipinski definition) is 5. The van der Waals surface area contributed by atoms with E-state index in [1.165, 1.54) is 0 Å². The lowest BCUT2D eigenvalue weighted by molar-refractivity contribution is 0.0929. The monoisotopic (exact) mass is 364 g/mol. The van der Waals surface area contributed by atoms with E-state index in [4.69, 9.17) is 0 Å². The number of H-pyrrole nitrogens is 3. The van der Waals surface area contributed by atoms with Crippen molar-refractivity contribution in [1.29, 1.82) is 0 Å². The second-order valence-electron chi connectivity index (χ2n) is 6.98. The number of nitrogens with zero attached hydrogens (tertiary/aromatic N) is 3. The Kier molecular flexibility index (Phi) is 3.68. The molecule has 4 aromatic rings. The van der Waals surface area contributed by atoms with Gasteiger partial charge in [-0.05, 0) is 45.0 Å². The Morgan fingerprint density at radius 3 is 2.89 bits per heavy atom. The Labute approximate surface area is 154 Å². The zero-order valence-corrected chi connectivity index (χ0v) is 14.9. The molecule has 27 heavy (non-hydrogen) atoms. The van der Waals surface area contributed by atoms with Gasteiger partial charge >= 0.3 is 0 Å². The first-order valence-electron chi connectivity index (χ1n) is 9.09. The number of aromatic amines is 3. The van der Waals surface area contributed by atoms with Crippen molar-refractivity contribution in [3.8, 4) is 11.5 Å². The van der Waals surface area contributed by atoms with Crippen LogP contribution in [0.15, 0.2) is 18.3 Å². The summed E-state index contributed by atoms with van der Waals surface area (Å²) in [6.07, 6.45) is 3.63. The molecule has 3 aromatic heterocycles. The normalized spacial score (nSPS) is 15.6. The van der Waals surface area contributed by atoms with Crippen LogP contribution >= 0.6 is 0 Å². The molecule has 0 spiro atoms. The van der Waals surface area contributed by atoms with Crippen LogP contribution in [0.25, 0.3) is 33.5 Å². The van der Waals surface area contributed by atoms with Gasteiger partial charge in [-0.1, -0.05) is 0 Å². The van der Waals surface area contributed by atoms with Gasteiger partial charge in [-0.3, -0.25) is 15.0 Å². The largest absolute Gasteiger partial charge is 0.349 e. The fourth-order valence-electron chi connectivity index (χ4n) is 3.66. The highest BCUT2D eigenvalue weighted by atomic mass is 16.1. The highest BCUT2D eigenvalue weighted by Gasteiger charge is 2.24. The van der Waals surface area contributed by atoms with Gasteiger partial charge in [-0.25, -0.2) is 4.98 Å². The van der Waals surface area contributed by atoms with Gasteiger partial charge in [0.05, 0.1) is 28.3 Å². The number of carbonyl (C=O) groups excluding carboxylic acids is 1.